The van der Waals surface area contributed by atoms with Gasteiger partial charge in [-0.25, -0.2) is 0 Å². The van der Waals surface area contributed by atoms with E-state index in [0.29, 0.717) is 0 Å². The number of hydrogen-bond acceptors (Lipinski definition) is 2. The number of rotatable bonds is 6. The lowest BCUT2D eigenvalue weighted by Gasteiger charge is -2.29. The summed E-state index contributed by atoms with van der Waals surface area (Å²) in [6.07, 6.45) is 4.81. The van der Waals surface area contributed by atoms with Crippen molar-refractivity contribution in [2.75, 3.05) is 40.3 Å². The van der Waals surface area contributed by atoms with E-state index in [1.165, 1.54) is 31.5 Å². The summed E-state index contributed by atoms with van der Waals surface area (Å²) in [5.41, 5.74) is 1.40. The summed E-state index contributed by atoms with van der Waals surface area (Å²) in [6.45, 7) is 4.43. The molecule has 1 saturated heterocycles. The van der Waals surface area contributed by atoms with Gasteiger partial charge in [0, 0.05) is 20.1 Å². The lowest BCUT2D eigenvalue weighted by molar-refractivity contribution is 0.220. The first-order chi connectivity index (χ1) is 10.8. The Hall–Kier alpha value is -0.820. The molecule has 1 heterocycles. The van der Waals surface area contributed by atoms with Crippen LogP contribution in [0.15, 0.2) is 35.3 Å². The summed E-state index contributed by atoms with van der Waals surface area (Å²) in [4.78, 5) is 6.73. The van der Waals surface area contributed by atoms with Gasteiger partial charge in [-0.15, -0.1) is 24.0 Å². The summed E-state index contributed by atoms with van der Waals surface area (Å²) >= 11 is 0. The molecule has 2 N–H and O–H groups in total. The second-order valence-corrected chi connectivity index (χ2v) is 6.22. The number of halogens is 1. The predicted molar refractivity (Wildman–Crippen MR) is 110 cm³/mol. The molecule has 0 saturated carbocycles. The first-order valence-electron chi connectivity index (χ1n) is 8.45. The van der Waals surface area contributed by atoms with Crippen LogP contribution in [0.1, 0.15) is 24.8 Å². The van der Waals surface area contributed by atoms with E-state index in [0.717, 1.165) is 37.8 Å². The molecule has 130 valence electrons. The number of aryl methyl sites for hydroxylation is 1. The van der Waals surface area contributed by atoms with E-state index in [9.17, 15) is 0 Å². The summed E-state index contributed by atoms with van der Waals surface area (Å²) in [7, 11) is 4.05. The standard InChI is InChI=1S/C18H30N4.HI/c1-19-18(21-15-17-10-13-22(2)14-11-17)20-12-6-9-16-7-4-3-5-8-16;/h3-5,7-8,17H,6,9-15H2,1-2H3,(H2,19,20,21);1H. The number of hydrogen-bond donors (Lipinski definition) is 2. The molecule has 0 radical (unpaired) electrons. The third kappa shape index (κ3) is 8.01. The van der Waals surface area contributed by atoms with Crippen LogP contribution in [0, 0.1) is 5.92 Å². The number of nitrogens with zero attached hydrogens (tertiary/aromatic N) is 2. The number of aliphatic imine (C=N–C) groups is 1. The molecule has 4 nitrogen and oxygen atoms in total. The highest BCUT2D eigenvalue weighted by Gasteiger charge is 2.16. The topological polar surface area (TPSA) is 39.7 Å². The predicted octanol–water partition coefficient (Wildman–Crippen LogP) is 2.74. The van der Waals surface area contributed by atoms with Crippen molar-refractivity contribution in [2.45, 2.75) is 25.7 Å². The van der Waals surface area contributed by atoms with Crippen molar-refractivity contribution in [2.24, 2.45) is 10.9 Å². The fraction of sp³-hybridized carbons (Fsp3) is 0.611. The number of piperidine rings is 1. The van der Waals surface area contributed by atoms with Gasteiger partial charge >= 0.3 is 0 Å². The van der Waals surface area contributed by atoms with Crippen LogP contribution in [0.3, 0.4) is 0 Å². The van der Waals surface area contributed by atoms with Gasteiger partial charge in [-0.05, 0) is 57.3 Å². The van der Waals surface area contributed by atoms with Crippen molar-refractivity contribution in [3.8, 4) is 0 Å². The van der Waals surface area contributed by atoms with Crippen molar-refractivity contribution >= 4 is 29.9 Å². The zero-order valence-electron chi connectivity index (χ0n) is 14.4. The van der Waals surface area contributed by atoms with E-state index in [2.05, 4.69) is 57.9 Å². The van der Waals surface area contributed by atoms with E-state index < -0.39 is 0 Å². The van der Waals surface area contributed by atoms with Crippen LogP contribution in [-0.4, -0.2) is 51.1 Å². The van der Waals surface area contributed by atoms with Crippen molar-refractivity contribution < 1.29 is 0 Å². The van der Waals surface area contributed by atoms with E-state index in [4.69, 9.17) is 0 Å². The zero-order chi connectivity index (χ0) is 15.6. The Kier molecular flexibility index (Phi) is 10.3. The number of guanidine groups is 1. The number of nitrogens with one attached hydrogen (secondary N) is 2. The molecule has 0 amide bonds. The molecule has 0 atom stereocenters. The van der Waals surface area contributed by atoms with Gasteiger partial charge in [-0.2, -0.15) is 0 Å². The maximum Gasteiger partial charge on any atom is 0.190 e. The van der Waals surface area contributed by atoms with Crippen LogP contribution in [0.5, 0.6) is 0 Å². The van der Waals surface area contributed by atoms with Gasteiger partial charge in [0.2, 0.25) is 0 Å². The van der Waals surface area contributed by atoms with E-state index in [1.807, 2.05) is 7.05 Å². The highest BCUT2D eigenvalue weighted by molar-refractivity contribution is 14.0. The summed E-state index contributed by atoms with van der Waals surface area (Å²) in [5.74, 6) is 1.71. The molecule has 5 heteroatoms. The summed E-state index contributed by atoms with van der Waals surface area (Å²) in [6, 6.07) is 10.6. The van der Waals surface area contributed by atoms with Crippen LogP contribution in [-0.2, 0) is 6.42 Å². The normalized spacial score (nSPS) is 16.7. The Morgan fingerprint density at radius 3 is 2.52 bits per heavy atom. The molecule has 1 aliphatic heterocycles. The van der Waals surface area contributed by atoms with Crippen LogP contribution < -0.4 is 10.6 Å². The van der Waals surface area contributed by atoms with Crippen LogP contribution in [0.25, 0.3) is 0 Å². The van der Waals surface area contributed by atoms with E-state index in [-0.39, 0.29) is 24.0 Å². The van der Waals surface area contributed by atoms with E-state index >= 15 is 0 Å². The first kappa shape index (κ1) is 20.2. The smallest absolute Gasteiger partial charge is 0.190 e. The largest absolute Gasteiger partial charge is 0.356 e. The van der Waals surface area contributed by atoms with Gasteiger partial charge in [0.05, 0.1) is 0 Å². The monoisotopic (exact) mass is 430 g/mol. The Morgan fingerprint density at radius 2 is 1.87 bits per heavy atom. The van der Waals surface area contributed by atoms with Crippen molar-refractivity contribution in [1.29, 1.82) is 0 Å². The Morgan fingerprint density at radius 1 is 1.17 bits per heavy atom. The lowest BCUT2D eigenvalue weighted by atomic mass is 9.97. The second kappa shape index (κ2) is 11.7. The zero-order valence-corrected chi connectivity index (χ0v) is 16.8. The number of benzene rings is 1. The first-order valence-corrected chi connectivity index (χ1v) is 8.45. The van der Waals surface area contributed by atoms with Gasteiger partial charge < -0.3 is 15.5 Å². The molecule has 2 rings (SSSR count). The molecule has 0 unspecified atom stereocenters. The van der Waals surface area contributed by atoms with Crippen LogP contribution in [0.2, 0.25) is 0 Å². The molecule has 1 aliphatic rings. The van der Waals surface area contributed by atoms with Gasteiger partial charge in [0.1, 0.15) is 0 Å². The summed E-state index contributed by atoms with van der Waals surface area (Å²) in [5, 5.41) is 6.89. The molecule has 1 aromatic rings. The SMILES string of the molecule is CN=C(NCCCc1ccccc1)NCC1CCN(C)CC1.I. The molecule has 1 fully saturated rings. The molecule has 0 aromatic heterocycles. The minimum atomic E-state index is 0. The van der Waals surface area contributed by atoms with Gasteiger partial charge in [0.15, 0.2) is 5.96 Å². The Balaban J connectivity index is 0.00000264. The molecule has 0 spiro atoms. The van der Waals surface area contributed by atoms with Crippen LogP contribution >= 0.6 is 24.0 Å². The minimum absolute atomic E-state index is 0. The Labute approximate surface area is 158 Å². The molecule has 23 heavy (non-hydrogen) atoms. The lowest BCUT2D eigenvalue weighted by Crippen LogP contribution is -2.42. The van der Waals surface area contributed by atoms with Crippen molar-refractivity contribution in [3.05, 3.63) is 35.9 Å². The Bertz CT molecular complexity index is 442. The maximum atomic E-state index is 4.32. The third-order valence-electron chi connectivity index (χ3n) is 4.40. The van der Waals surface area contributed by atoms with Gasteiger partial charge in [-0.1, -0.05) is 30.3 Å². The fourth-order valence-electron chi connectivity index (χ4n) is 2.87. The quantitative estimate of drug-likeness (QED) is 0.316. The highest BCUT2D eigenvalue weighted by Crippen LogP contribution is 2.14. The molecule has 0 aliphatic carbocycles. The highest BCUT2D eigenvalue weighted by atomic mass is 127. The molecular weight excluding hydrogens is 399 g/mol. The van der Waals surface area contributed by atoms with E-state index in [1.54, 1.807) is 0 Å². The molecule has 1 aromatic carbocycles. The minimum Gasteiger partial charge on any atom is -0.356 e. The van der Waals surface area contributed by atoms with Crippen molar-refractivity contribution in [3.63, 3.8) is 0 Å². The maximum absolute atomic E-state index is 4.32. The number of likely N-dealkylation sites (tertiary alicyclic amines) is 1. The third-order valence-corrected chi connectivity index (χ3v) is 4.40. The average Bonchev–Trinajstić information content (AvgIpc) is 2.57. The van der Waals surface area contributed by atoms with Gasteiger partial charge in [-0.3, -0.25) is 4.99 Å². The van der Waals surface area contributed by atoms with Crippen molar-refractivity contribution in [1.82, 2.24) is 15.5 Å². The van der Waals surface area contributed by atoms with Crippen LogP contribution in [0.4, 0.5) is 0 Å². The average molecular weight is 430 g/mol. The van der Waals surface area contributed by atoms with Gasteiger partial charge in [0.25, 0.3) is 0 Å². The second-order valence-electron chi connectivity index (χ2n) is 6.22. The molecular formula is C18H31IN4. The summed E-state index contributed by atoms with van der Waals surface area (Å²) < 4.78 is 0. The fourth-order valence-corrected chi connectivity index (χ4v) is 2.87. The molecule has 0 bridgehead atoms.